The summed E-state index contributed by atoms with van der Waals surface area (Å²) < 4.78 is 5.88. The number of hydrogen-bond acceptors (Lipinski definition) is 7. The monoisotopic (exact) mass is 531 g/mol. The molecule has 11 heteroatoms. The van der Waals surface area contributed by atoms with Crippen molar-refractivity contribution < 1.29 is 24.0 Å². The Balaban J connectivity index is 1.37. The number of halogens is 1. The first-order valence-corrected chi connectivity index (χ1v) is 11.8. The van der Waals surface area contributed by atoms with Crippen LogP contribution in [0.15, 0.2) is 64.8 Å². The Bertz CT molecular complexity index is 1140. The number of nitro groups is 1. The van der Waals surface area contributed by atoms with Gasteiger partial charge >= 0.3 is 5.97 Å². The summed E-state index contributed by atoms with van der Waals surface area (Å²) >= 11 is 4.79. The average Bonchev–Trinajstić information content (AvgIpc) is 2.81. The van der Waals surface area contributed by atoms with Gasteiger partial charge in [-0.05, 0) is 23.3 Å². The average molecular weight is 532 g/mol. The number of nitrogens with zero attached hydrogens (tertiary/aromatic N) is 2. The molecule has 0 radical (unpaired) electrons. The molecule has 0 bridgehead atoms. The van der Waals surface area contributed by atoms with Crippen LogP contribution in [0.2, 0.25) is 0 Å². The molecule has 33 heavy (non-hydrogen) atoms. The molecule has 0 saturated carbocycles. The molecule has 0 aromatic heterocycles. The molecule has 2 aliphatic rings. The van der Waals surface area contributed by atoms with Crippen molar-refractivity contribution in [1.82, 2.24) is 10.2 Å². The van der Waals surface area contributed by atoms with Crippen molar-refractivity contribution in [2.24, 2.45) is 0 Å². The van der Waals surface area contributed by atoms with E-state index in [1.807, 2.05) is 30.3 Å². The number of fused-ring (bicyclic) bond motifs is 1. The maximum atomic E-state index is 12.8. The number of rotatable bonds is 7. The van der Waals surface area contributed by atoms with E-state index in [4.69, 9.17) is 4.74 Å². The maximum Gasteiger partial charge on any atom is 0.356 e. The predicted molar refractivity (Wildman–Crippen MR) is 124 cm³/mol. The van der Waals surface area contributed by atoms with Gasteiger partial charge in [0.15, 0.2) is 0 Å². The van der Waals surface area contributed by atoms with Gasteiger partial charge in [0.1, 0.15) is 23.7 Å². The highest BCUT2D eigenvalue weighted by molar-refractivity contribution is 9.11. The highest BCUT2D eigenvalue weighted by Crippen LogP contribution is 2.42. The Morgan fingerprint density at radius 2 is 1.85 bits per heavy atom. The third kappa shape index (κ3) is 4.93. The summed E-state index contributed by atoms with van der Waals surface area (Å²) in [7, 11) is 0. The molecule has 0 aliphatic carbocycles. The van der Waals surface area contributed by atoms with Crippen LogP contribution in [0.4, 0.5) is 5.69 Å². The van der Waals surface area contributed by atoms with Gasteiger partial charge in [0.05, 0.1) is 11.3 Å². The van der Waals surface area contributed by atoms with E-state index < -0.39 is 22.3 Å². The first-order chi connectivity index (χ1) is 15.8. The highest BCUT2D eigenvalue weighted by Gasteiger charge is 2.54. The van der Waals surface area contributed by atoms with E-state index in [2.05, 4.69) is 21.2 Å². The Morgan fingerprint density at radius 3 is 2.52 bits per heavy atom. The fourth-order valence-corrected chi connectivity index (χ4v) is 5.45. The third-order valence-corrected chi connectivity index (χ3v) is 7.46. The first kappa shape index (κ1) is 23.0. The molecule has 1 N–H and O–H groups in total. The number of carbonyl (C=O) groups is 3. The summed E-state index contributed by atoms with van der Waals surface area (Å²) in [6.07, 6.45) is 0.158. The summed E-state index contributed by atoms with van der Waals surface area (Å²) in [6.45, 7) is -0.0995. The number of β-lactam (4-membered cyclic amide) rings is 1. The quantitative estimate of drug-likeness (QED) is 0.252. The summed E-state index contributed by atoms with van der Waals surface area (Å²) in [5.74, 6) is -0.891. The van der Waals surface area contributed by atoms with Gasteiger partial charge in [0.2, 0.25) is 5.91 Å². The standard InChI is InChI=1S/C22H18BrN3O6S/c23-16-12-33-21-18(24-17(27)10-13-4-2-1-3-5-13)20(28)25(21)19(16)22(29)32-11-14-6-8-15(9-7-14)26(30)31/h1-9,18,21H,10-12H2,(H,24,27)/t18?,21-/m0/s1. The molecule has 2 aliphatic heterocycles. The van der Waals surface area contributed by atoms with Crippen molar-refractivity contribution in [3.63, 3.8) is 0 Å². The fourth-order valence-electron chi connectivity index (χ4n) is 3.51. The van der Waals surface area contributed by atoms with E-state index in [9.17, 15) is 24.5 Å². The van der Waals surface area contributed by atoms with Gasteiger partial charge in [-0.2, -0.15) is 0 Å². The van der Waals surface area contributed by atoms with Gasteiger partial charge in [0.25, 0.3) is 11.6 Å². The minimum absolute atomic E-state index is 0.0609. The minimum Gasteiger partial charge on any atom is -0.456 e. The molecule has 1 unspecified atom stereocenters. The van der Waals surface area contributed by atoms with Crippen molar-refractivity contribution >= 4 is 51.2 Å². The van der Waals surface area contributed by atoms with E-state index in [0.717, 1.165) is 5.56 Å². The van der Waals surface area contributed by atoms with Gasteiger partial charge in [-0.3, -0.25) is 24.6 Å². The van der Waals surface area contributed by atoms with Crippen molar-refractivity contribution in [3.05, 3.63) is 86.0 Å². The van der Waals surface area contributed by atoms with Gasteiger partial charge in [-0.25, -0.2) is 4.79 Å². The molecule has 2 atom stereocenters. The number of carbonyl (C=O) groups excluding carboxylic acids is 3. The second-order valence-corrected chi connectivity index (χ2v) is 9.43. The lowest BCUT2D eigenvalue weighted by atomic mass is 10.0. The molecular weight excluding hydrogens is 514 g/mol. The smallest absolute Gasteiger partial charge is 0.356 e. The largest absolute Gasteiger partial charge is 0.456 e. The third-order valence-electron chi connectivity index (χ3n) is 5.16. The Kier molecular flexibility index (Phi) is 6.80. The highest BCUT2D eigenvalue weighted by atomic mass is 79.9. The van der Waals surface area contributed by atoms with E-state index in [-0.39, 0.29) is 36.2 Å². The van der Waals surface area contributed by atoms with Crippen molar-refractivity contribution in [1.29, 1.82) is 0 Å². The van der Waals surface area contributed by atoms with Crippen LogP contribution in [0.3, 0.4) is 0 Å². The zero-order valence-corrected chi connectivity index (χ0v) is 19.5. The van der Waals surface area contributed by atoms with Crippen molar-refractivity contribution in [2.75, 3.05) is 5.75 Å². The van der Waals surface area contributed by atoms with Gasteiger partial charge in [0, 0.05) is 22.4 Å². The zero-order valence-electron chi connectivity index (χ0n) is 17.1. The van der Waals surface area contributed by atoms with Gasteiger partial charge in [-0.15, -0.1) is 11.8 Å². The molecule has 2 amide bonds. The lowest BCUT2D eigenvalue weighted by Crippen LogP contribution is -2.70. The summed E-state index contributed by atoms with van der Waals surface area (Å²) in [6, 6.07) is 14.2. The normalized spacial score (nSPS) is 19.4. The summed E-state index contributed by atoms with van der Waals surface area (Å²) in [5.41, 5.74) is 1.47. The lowest BCUT2D eigenvalue weighted by molar-refractivity contribution is -0.384. The van der Waals surface area contributed by atoms with E-state index in [0.29, 0.717) is 15.8 Å². The van der Waals surface area contributed by atoms with E-state index in [1.54, 1.807) is 0 Å². The second-order valence-electron chi connectivity index (χ2n) is 7.37. The number of amides is 2. The molecule has 1 fully saturated rings. The Hall–Kier alpha value is -3.18. The van der Waals surface area contributed by atoms with Crippen LogP contribution in [-0.2, 0) is 32.1 Å². The summed E-state index contributed by atoms with van der Waals surface area (Å²) in [5, 5.41) is 13.1. The van der Waals surface area contributed by atoms with Crippen LogP contribution in [0.1, 0.15) is 11.1 Å². The zero-order chi connectivity index (χ0) is 23.5. The van der Waals surface area contributed by atoms with Gasteiger partial charge < -0.3 is 10.1 Å². The molecule has 2 heterocycles. The fraction of sp³-hybridized carbons (Fsp3) is 0.227. The second kappa shape index (κ2) is 9.75. The van der Waals surface area contributed by atoms with Crippen LogP contribution in [0, 0.1) is 10.1 Å². The minimum atomic E-state index is -0.718. The summed E-state index contributed by atoms with van der Waals surface area (Å²) in [4.78, 5) is 49.5. The SMILES string of the molecule is O=C(Cc1ccccc1)NC1C(=O)N2C(C(=O)OCc3ccc([N+](=O)[O-])cc3)=C(Br)CS[C@@H]12. The molecule has 170 valence electrons. The van der Waals surface area contributed by atoms with Crippen LogP contribution in [-0.4, -0.2) is 44.8 Å². The lowest BCUT2D eigenvalue weighted by Gasteiger charge is -2.49. The Morgan fingerprint density at radius 1 is 1.15 bits per heavy atom. The van der Waals surface area contributed by atoms with Crippen LogP contribution < -0.4 is 5.32 Å². The number of esters is 1. The molecule has 2 aromatic rings. The predicted octanol–water partition coefficient (Wildman–Crippen LogP) is 2.89. The molecule has 4 rings (SSSR count). The first-order valence-electron chi connectivity index (χ1n) is 9.92. The number of non-ortho nitro benzene ring substituents is 1. The number of nitro benzene ring substituents is 1. The molecule has 9 nitrogen and oxygen atoms in total. The van der Waals surface area contributed by atoms with E-state index >= 15 is 0 Å². The number of ether oxygens (including phenoxy) is 1. The Labute approximate surface area is 201 Å². The number of hydrogen-bond donors (Lipinski definition) is 1. The van der Waals surface area contributed by atoms with Crippen LogP contribution in [0.5, 0.6) is 0 Å². The van der Waals surface area contributed by atoms with Crippen molar-refractivity contribution in [3.8, 4) is 0 Å². The molecule has 1 saturated heterocycles. The number of nitrogens with one attached hydrogen (secondary N) is 1. The molecule has 2 aromatic carbocycles. The topological polar surface area (TPSA) is 119 Å². The van der Waals surface area contributed by atoms with Crippen LogP contribution >= 0.6 is 27.7 Å². The van der Waals surface area contributed by atoms with Crippen LogP contribution in [0.25, 0.3) is 0 Å². The number of benzene rings is 2. The van der Waals surface area contributed by atoms with Crippen molar-refractivity contribution in [2.45, 2.75) is 24.4 Å². The number of thioether (sulfide) groups is 1. The van der Waals surface area contributed by atoms with Gasteiger partial charge in [-0.1, -0.05) is 46.3 Å². The molecule has 0 spiro atoms. The van der Waals surface area contributed by atoms with E-state index in [1.165, 1.54) is 40.9 Å². The molecular formula is C22H18BrN3O6S. The maximum absolute atomic E-state index is 12.8.